The third-order valence-electron chi connectivity index (χ3n) is 1.51. The van der Waals surface area contributed by atoms with Gasteiger partial charge in [0.05, 0.1) is 6.26 Å². The van der Waals surface area contributed by atoms with E-state index < -0.39 is 0 Å². The quantitative estimate of drug-likeness (QED) is 0.674. The van der Waals surface area contributed by atoms with Crippen LogP contribution in [-0.4, -0.2) is 6.04 Å². The Hall–Kier alpha value is -0.760. The SMILES string of the molecule is Cc1occc1C[C@H](C)N. The average Bonchev–Trinajstić information content (AvgIpc) is 2.15. The van der Waals surface area contributed by atoms with E-state index in [0.717, 1.165) is 12.2 Å². The summed E-state index contributed by atoms with van der Waals surface area (Å²) in [5.41, 5.74) is 6.83. The van der Waals surface area contributed by atoms with Crippen LogP contribution >= 0.6 is 0 Å². The molecule has 2 heteroatoms. The Bertz CT molecular complexity index is 203. The molecule has 0 aliphatic carbocycles. The molecule has 1 heterocycles. The Labute approximate surface area is 61.0 Å². The van der Waals surface area contributed by atoms with Gasteiger partial charge >= 0.3 is 0 Å². The van der Waals surface area contributed by atoms with Crippen LogP contribution in [0.3, 0.4) is 0 Å². The average molecular weight is 139 g/mol. The standard InChI is InChI=1S/C8H13NO/c1-6(9)5-8-3-4-10-7(8)2/h3-4,6H,5,9H2,1-2H3/t6-/m0/s1. The zero-order valence-corrected chi connectivity index (χ0v) is 6.42. The maximum atomic E-state index is 5.61. The summed E-state index contributed by atoms with van der Waals surface area (Å²) in [7, 11) is 0. The molecule has 0 unspecified atom stereocenters. The van der Waals surface area contributed by atoms with E-state index in [1.807, 2.05) is 19.9 Å². The van der Waals surface area contributed by atoms with Crippen LogP contribution in [0.15, 0.2) is 16.7 Å². The van der Waals surface area contributed by atoms with Crippen molar-refractivity contribution in [1.29, 1.82) is 0 Å². The van der Waals surface area contributed by atoms with Crippen molar-refractivity contribution in [2.75, 3.05) is 0 Å². The second-order valence-corrected chi connectivity index (χ2v) is 2.68. The molecule has 0 aliphatic rings. The second-order valence-electron chi connectivity index (χ2n) is 2.68. The van der Waals surface area contributed by atoms with Crippen LogP contribution in [0, 0.1) is 6.92 Å². The highest BCUT2D eigenvalue weighted by atomic mass is 16.3. The lowest BCUT2D eigenvalue weighted by atomic mass is 10.1. The molecule has 0 radical (unpaired) electrons. The molecule has 56 valence electrons. The summed E-state index contributed by atoms with van der Waals surface area (Å²) in [6, 6.07) is 2.19. The van der Waals surface area contributed by atoms with E-state index in [1.165, 1.54) is 5.56 Å². The maximum absolute atomic E-state index is 5.61. The Morgan fingerprint density at radius 2 is 2.40 bits per heavy atom. The highest BCUT2D eigenvalue weighted by molar-refractivity contribution is 5.16. The molecule has 0 saturated carbocycles. The Balaban J connectivity index is 2.65. The van der Waals surface area contributed by atoms with E-state index in [4.69, 9.17) is 10.2 Å². The predicted octanol–water partition coefficient (Wildman–Crippen LogP) is 1.48. The van der Waals surface area contributed by atoms with Gasteiger partial charge in [-0.25, -0.2) is 0 Å². The Morgan fingerprint density at radius 1 is 1.70 bits per heavy atom. The first-order chi connectivity index (χ1) is 4.70. The molecular weight excluding hydrogens is 126 g/mol. The molecule has 2 N–H and O–H groups in total. The van der Waals surface area contributed by atoms with Crippen LogP contribution in [0.1, 0.15) is 18.2 Å². The molecule has 1 rings (SSSR count). The van der Waals surface area contributed by atoms with Crippen molar-refractivity contribution in [2.45, 2.75) is 26.3 Å². The highest BCUT2D eigenvalue weighted by Gasteiger charge is 2.02. The van der Waals surface area contributed by atoms with Gasteiger partial charge in [-0.2, -0.15) is 0 Å². The number of nitrogens with two attached hydrogens (primary N) is 1. The highest BCUT2D eigenvalue weighted by Crippen LogP contribution is 2.09. The molecule has 2 nitrogen and oxygen atoms in total. The fraction of sp³-hybridized carbons (Fsp3) is 0.500. The summed E-state index contributed by atoms with van der Waals surface area (Å²) in [5.74, 6) is 0.984. The fourth-order valence-electron chi connectivity index (χ4n) is 0.970. The van der Waals surface area contributed by atoms with Crippen molar-refractivity contribution in [3.8, 4) is 0 Å². The number of aryl methyl sites for hydroxylation is 1. The van der Waals surface area contributed by atoms with Gasteiger partial charge in [0.15, 0.2) is 0 Å². The summed E-state index contributed by atoms with van der Waals surface area (Å²) in [4.78, 5) is 0. The molecule has 0 aromatic carbocycles. The summed E-state index contributed by atoms with van der Waals surface area (Å²) in [6.07, 6.45) is 2.61. The lowest BCUT2D eigenvalue weighted by Crippen LogP contribution is -2.17. The van der Waals surface area contributed by atoms with Crippen LogP contribution in [0.2, 0.25) is 0 Å². The minimum Gasteiger partial charge on any atom is -0.469 e. The molecule has 0 amide bonds. The van der Waals surface area contributed by atoms with Crippen molar-refractivity contribution in [3.63, 3.8) is 0 Å². The predicted molar refractivity (Wildman–Crippen MR) is 40.8 cm³/mol. The summed E-state index contributed by atoms with van der Waals surface area (Å²) < 4.78 is 5.11. The lowest BCUT2D eigenvalue weighted by molar-refractivity contribution is 0.527. The zero-order chi connectivity index (χ0) is 7.56. The smallest absolute Gasteiger partial charge is 0.103 e. The van der Waals surface area contributed by atoms with Crippen LogP contribution < -0.4 is 5.73 Å². The maximum Gasteiger partial charge on any atom is 0.103 e. The van der Waals surface area contributed by atoms with Crippen molar-refractivity contribution in [1.82, 2.24) is 0 Å². The van der Waals surface area contributed by atoms with E-state index in [9.17, 15) is 0 Å². The molecule has 0 fully saturated rings. The van der Waals surface area contributed by atoms with Gasteiger partial charge in [-0.05, 0) is 31.9 Å². The molecular formula is C8H13NO. The van der Waals surface area contributed by atoms with Crippen LogP contribution in [0.4, 0.5) is 0 Å². The van der Waals surface area contributed by atoms with E-state index in [2.05, 4.69) is 0 Å². The van der Waals surface area contributed by atoms with Crippen molar-refractivity contribution < 1.29 is 4.42 Å². The van der Waals surface area contributed by atoms with Crippen molar-refractivity contribution in [2.24, 2.45) is 5.73 Å². The molecule has 1 aromatic heterocycles. The number of rotatable bonds is 2. The summed E-state index contributed by atoms with van der Waals surface area (Å²) in [6.45, 7) is 3.95. The lowest BCUT2D eigenvalue weighted by Gasteiger charge is -2.01. The van der Waals surface area contributed by atoms with Gasteiger partial charge in [-0.15, -0.1) is 0 Å². The molecule has 0 aliphatic heterocycles. The van der Waals surface area contributed by atoms with Crippen molar-refractivity contribution >= 4 is 0 Å². The third-order valence-corrected chi connectivity index (χ3v) is 1.51. The summed E-state index contributed by atoms with van der Waals surface area (Å²) in [5, 5.41) is 0. The topological polar surface area (TPSA) is 39.2 Å². The number of furan rings is 1. The molecule has 1 aromatic rings. The number of hydrogen-bond acceptors (Lipinski definition) is 2. The van der Waals surface area contributed by atoms with Crippen LogP contribution in [-0.2, 0) is 6.42 Å². The fourth-order valence-corrected chi connectivity index (χ4v) is 0.970. The van der Waals surface area contributed by atoms with E-state index in [1.54, 1.807) is 6.26 Å². The first kappa shape index (κ1) is 7.35. The largest absolute Gasteiger partial charge is 0.469 e. The van der Waals surface area contributed by atoms with E-state index in [0.29, 0.717) is 0 Å². The Morgan fingerprint density at radius 3 is 2.80 bits per heavy atom. The van der Waals surface area contributed by atoms with Gasteiger partial charge in [0, 0.05) is 6.04 Å². The first-order valence-electron chi connectivity index (χ1n) is 3.48. The normalized spacial score (nSPS) is 13.5. The summed E-state index contributed by atoms with van der Waals surface area (Å²) >= 11 is 0. The van der Waals surface area contributed by atoms with E-state index >= 15 is 0 Å². The van der Waals surface area contributed by atoms with Gasteiger partial charge in [-0.1, -0.05) is 0 Å². The zero-order valence-electron chi connectivity index (χ0n) is 6.42. The van der Waals surface area contributed by atoms with Crippen LogP contribution in [0.5, 0.6) is 0 Å². The van der Waals surface area contributed by atoms with E-state index in [-0.39, 0.29) is 6.04 Å². The molecule has 10 heavy (non-hydrogen) atoms. The molecule has 0 saturated heterocycles. The van der Waals surface area contributed by atoms with Gasteiger partial charge in [-0.3, -0.25) is 0 Å². The second kappa shape index (κ2) is 2.88. The van der Waals surface area contributed by atoms with Crippen molar-refractivity contribution in [3.05, 3.63) is 23.7 Å². The third kappa shape index (κ3) is 1.61. The van der Waals surface area contributed by atoms with Gasteiger partial charge < -0.3 is 10.2 Å². The minimum atomic E-state index is 0.219. The van der Waals surface area contributed by atoms with Gasteiger partial charge in [0.25, 0.3) is 0 Å². The van der Waals surface area contributed by atoms with Gasteiger partial charge in [0.2, 0.25) is 0 Å². The molecule has 0 bridgehead atoms. The molecule has 0 spiro atoms. The van der Waals surface area contributed by atoms with Crippen LogP contribution in [0.25, 0.3) is 0 Å². The van der Waals surface area contributed by atoms with Gasteiger partial charge in [0.1, 0.15) is 5.76 Å². The monoisotopic (exact) mass is 139 g/mol. The number of hydrogen-bond donors (Lipinski definition) is 1. The first-order valence-corrected chi connectivity index (χ1v) is 3.48. The Kier molecular flexibility index (Phi) is 2.12. The molecule has 1 atom stereocenters. The minimum absolute atomic E-state index is 0.219.